The van der Waals surface area contributed by atoms with Gasteiger partial charge in [-0.05, 0) is 0 Å². The molecule has 0 rings (SSSR count). The van der Waals surface area contributed by atoms with Gasteiger partial charge in [0.15, 0.2) is 0 Å². The van der Waals surface area contributed by atoms with Gasteiger partial charge >= 0.3 is 0 Å². The van der Waals surface area contributed by atoms with Gasteiger partial charge in [-0.3, -0.25) is 0 Å². The fraction of sp³-hybridized carbons (Fsp3) is 0.333. The Morgan fingerprint density at radius 3 is 0.294 bits per heavy atom. The summed E-state index contributed by atoms with van der Waals surface area (Å²) in [6.45, 7) is 5.00. The Kier molecular flexibility index (Phi) is 852. The van der Waals surface area contributed by atoms with Crippen molar-refractivity contribution in [1.29, 1.82) is 0 Å². The summed E-state index contributed by atoms with van der Waals surface area (Å²) in [4.78, 5) is 0. The second kappa shape index (κ2) is 122. The van der Waals surface area contributed by atoms with E-state index in [0.717, 1.165) is 0 Å². The first-order valence-corrected chi connectivity index (χ1v) is 0.707. The molecule has 0 aliphatic carbocycles. The molecule has 0 aromatic heterocycles. The van der Waals surface area contributed by atoms with Gasteiger partial charge in [0.05, 0.1) is 0 Å². The normalized spacial score (nSPS) is 0.353. The molecule has 0 saturated carbocycles. The van der Waals surface area contributed by atoms with E-state index in [4.69, 9.17) is 0 Å². The molecule has 0 saturated heterocycles. The van der Waals surface area contributed by atoms with Crippen molar-refractivity contribution in [2.24, 2.45) is 0 Å². The first-order valence-electron chi connectivity index (χ1n) is 0.707. The standard InChI is InChI=1S/C2H5.CH3.14Y/c1-2;;;;;;;;;;;;;;;/h1H2,2H3;1H3;;;;;;;;;;;;;;/q2*-1;;;;;;;;;;;;;;. The fourth-order valence-corrected chi connectivity index (χ4v) is 0. The molecular weight excluding hydrogens is 1280 g/mol. The van der Waals surface area contributed by atoms with Crippen LogP contribution in [0, 0.1) is 14.4 Å². The van der Waals surface area contributed by atoms with Crippen LogP contribution in [0.15, 0.2) is 0 Å². The van der Waals surface area contributed by atoms with E-state index in [2.05, 4.69) is 6.92 Å². The molecule has 17 heavy (non-hydrogen) atoms. The second-order valence-corrected chi connectivity index (χ2v) is 0. The second-order valence-electron chi connectivity index (χ2n) is 0. The van der Waals surface area contributed by atoms with E-state index in [1.165, 1.54) is 0 Å². The van der Waals surface area contributed by atoms with Crippen molar-refractivity contribution in [3.8, 4) is 0 Å². The van der Waals surface area contributed by atoms with E-state index < -0.39 is 0 Å². The summed E-state index contributed by atoms with van der Waals surface area (Å²) >= 11 is 0. The van der Waals surface area contributed by atoms with Crippen molar-refractivity contribution in [2.45, 2.75) is 6.92 Å². The van der Waals surface area contributed by atoms with Crippen molar-refractivity contribution in [2.75, 3.05) is 0 Å². The van der Waals surface area contributed by atoms with E-state index in [9.17, 15) is 0 Å². The molecular formula is C3H8Y14-2. The predicted octanol–water partition coefficient (Wildman–Crippen LogP) is 1.26. The average Bonchev–Trinajstić information content (AvgIpc) is 1.00. The molecule has 0 aliphatic heterocycles. The van der Waals surface area contributed by atoms with Gasteiger partial charge in [-0.2, -0.15) is 6.92 Å². The first-order chi connectivity index (χ1) is 1.00. The van der Waals surface area contributed by atoms with Gasteiger partial charge in [0.25, 0.3) is 0 Å². The summed E-state index contributed by atoms with van der Waals surface area (Å²) in [6, 6.07) is 0. The summed E-state index contributed by atoms with van der Waals surface area (Å²) < 4.78 is 0. The van der Waals surface area contributed by atoms with Gasteiger partial charge in [-0.25, -0.2) is 0 Å². The molecule has 0 heterocycles. The van der Waals surface area contributed by atoms with Gasteiger partial charge in [0, 0.05) is 458 Å². The molecule has 0 aromatic carbocycles. The van der Waals surface area contributed by atoms with Crippen LogP contribution in [0.5, 0.6) is 0 Å². The average molecular weight is 1290 g/mol. The Morgan fingerprint density at radius 2 is 0.294 bits per heavy atom. The third-order valence-electron chi connectivity index (χ3n) is 0. The minimum absolute atomic E-state index is 0. The molecule has 0 bridgehead atoms. The minimum Gasteiger partial charge on any atom is -0.358 e. The molecule has 0 unspecified atom stereocenters. The SMILES string of the molecule is [CH2-]C.[CH3-].[Y].[Y].[Y].[Y].[Y].[Y].[Y].[Y].[Y].[Y].[Y].[Y].[Y].[Y]. The zero-order valence-corrected chi connectivity index (χ0v) is 50.5. The molecule has 0 fully saturated rings. The van der Waals surface area contributed by atoms with Crippen LogP contribution in [0.4, 0.5) is 0 Å². The van der Waals surface area contributed by atoms with Crippen LogP contribution >= 0.6 is 0 Å². The summed E-state index contributed by atoms with van der Waals surface area (Å²) in [7, 11) is 0. The van der Waals surface area contributed by atoms with Crippen LogP contribution in [0.1, 0.15) is 6.92 Å². The monoisotopic (exact) mass is 1290 g/mol. The zero-order valence-electron chi connectivity index (χ0n) is 10.8. The molecule has 0 aromatic rings. The quantitative estimate of drug-likeness (QED) is 0.321. The van der Waals surface area contributed by atoms with Gasteiger partial charge in [-0.15, -0.1) is 0 Å². The number of hydrogen-bond acceptors (Lipinski definition) is 0. The van der Waals surface area contributed by atoms with E-state index in [1.54, 1.807) is 6.92 Å². The van der Waals surface area contributed by atoms with Crippen LogP contribution in [0.3, 0.4) is 0 Å². The van der Waals surface area contributed by atoms with Gasteiger partial charge in [0.2, 0.25) is 0 Å². The fourth-order valence-electron chi connectivity index (χ4n) is 0. The Hall–Kier alpha value is 15.5. The Balaban J connectivity index is -0.0000000000476. The summed E-state index contributed by atoms with van der Waals surface area (Å²) in [5, 5.41) is 0. The summed E-state index contributed by atoms with van der Waals surface area (Å²) in [5.41, 5.74) is 0. The molecule has 0 N–H and O–H groups in total. The van der Waals surface area contributed by atoms with Crippen molar-refractivity contribution in [1.82, 2.24) is 0 Å². The minimum atomic E-state index is 0. The van der Waals surface area contributed by atoms with E-state index in [-0.39, 0.29) is 465 Å². The first kappa shape index (κ1) is 119. The van der Waals surface area contributed by atoms with E-state index >= 15 is 0 Å². The summed E-state index contributed by atoms with van der Waals surface area (Å²) in [6.07, 6.45) is 0. The smallest absolute Gasteiger partial charge is 0 e. The topological polar surface area (TPSA) is 0 Å². The van der Waals surface area contributed by atoms with Gasteiger partial charge in [0.1, 0.15) is 0 Å². The van der Waals surface area contributed by atoms with Crippen molar-refractivity contribution in [3.63, 3.8) is 0 Å². The molecule has 64 valence electrons. The Labute approximate surface area is 462 Å². The van der Waals surface area contributed by atoms with Crippen LogP contribution in [0.25, 0.3) is 0 Å². The molecule has 14 heteroatoms. The number of rotatable bonds is 0. The van der Waals surface area contributed by atoms with Crippen molar-refractivity contribution < 1.29 is 458 Å². The van der Waals surface area contributed by atoms with Gasteiger partial charge < -0.3 is 14.4 Å². The predicted molar refractivity (Wildman–Crippen MR) is 17.4 cm³/mol. The van der Waals surface area contributed by atoms with Crippen molar-refractivity contribution >= 4 is 0 Å². The maximum absolute atomic E-state index is 3.25. The van der Waals surface area contributed by atoms with Gasteiger partial charge in [-0.1, -0.05) is 0 Å². The largest absolute Gasteiger partial charge is 0.358 e. The van der Waals surface area contributed by atoms with E-state index in [0.29, 0.717) is 0 Å². The van der Waals surface area contributed by atoms with E-state index in [1.807, 2.05) is 0 Å². The zero-order chi connectivity index (χ0) is 2.00. The Bertz CT molecular complexity index is 11.4. The van der Waals surface area contributed by atoms with Crippen LogP contribution in [0.2, 0.25) is 0 Å². The maximum Gasteiger partial charge on any atom is 0 e. The number of hydrogen-bond donors (Lipinski definition) is 0. The molecule has 0 aliphatic rings. The third-order valence-corrected chi connectivity index (χ3v) is 0. The molecule has 14 radical (unpaired) electrons. The Morgan fingerprint density at radius 1 is 0.294 bits per heavy atom. The van der Waals surface area contributed by atoms with Crippen LogP contribution < -0.4 is 0 Å². The third kappa shape index (κ3) is 114. The molecule has 0 atom stereocenters. The van der Waals surface area contributed by atoms with Crippen LogP contribution in [-0.4, -0.2) is 0 Å². The molecule has 0 amide bonds. The molecule has 0 spiro atoms. The summed E-state index contributed by atoms with van der Waals surface area (Å²) in [5.74, 6) is 0. The maximum atomic E-state index is 3.25. The van der Waals surface area contributed by atoms with Crippen LogP contribution in [-0.2, 0) is 458 Å². The van der Waals surface area contributed by atoms with Crippen molar-refractivity contribution in [3.05, 3.63) is 14.4 Å². The molecule has 0 nitrogen and oxygen atoms in total.